The van der Waals surface area contributed by atoms with E-state index >= 15 is 0 Å². The van der Waals surface area contributed by atoms with Gasteiger partial charge in [0.15, 0.2) is 0 Å². The lowest BCUT2D eigenvalue weighted by atomic mass is 9.91. The molecule has 0 unspecified atom stereocenters. The summed E-state index contributed by atoms with van der Waals surface area (Å²) in [6.07, 6.45) is 1.13. The third-order valence-corrected chi connectivity index (χ3v) is 5.87. The van der Waals surface area contributed by atoms with Crippen LogP contribution in [0.1, 0.15) is 37.6 Å². The molecule has 0 N–H and O–H groups in total. The zero-order valence-electron chi connectivity index (χ0n) is 17.6. The Morgan fingerprint density at radius 3 is 2.18 bits per heavy atom. The maximum absolute atomic E-state index is 12.7. The zero-order valence-corrected chi connectivity index (χ0v) is 17.6. The standard InChI is InChI=1S/C24H33N3O/c1-5-26(6-2)24(28)20-12-14-22(15-13-20)27(21-10-8-7-9-11-21)23-16-17-25(4)18-19(23)3/h7-15,19,23H,5-6,16-18H2,1-4H3/t19-,23-/m1/s1. The van der Waals surface area contributed by atoms with Crippen molar-refractivity contribution >= 4 is 17.3 Å². The number of hydrogen-bond acceptors (Lipinski definition) is 3. The third kappa shape index (κ3) is 4.39. The maximum Gasteiger partial charge on any atom is 0.253 e. The fourth-order valence-electron chi connectivity index (χ4n) is 4.30. The molecule has 4 nitrogen and oxygen atoms in total. The molecule has 1 aliphatic rings. The van der Waals surface area contributed by atoms with E-state index in [9.17, 15) is 4.79 Å². The zero-order chi connectivity index (χ0) is 20.1. The van der Waals surface area contributed by atoms with Crippen LogP contribution in [0.5, 0.6) is 0 Å². The van der Waals surface area contributed by atoms with E-state index in [0.29, 0.717) is 12.0 Å². The molecular formula is C24H33N3O. The molecule has 0 spiro atoms. The summed E-state index contributed by atoms with van der Waals surface area (Å²) in [5.41, 5.74) is 3.13. The lowest BCUT2D eigenvalue weighted by Crippen LogP contribution is -2.47. The van der Waals surface area contributed by atoms with E-state index in [1.54, 1.807) is 0 Å². The van der Waals surface area contributed by atoms with Gasteiger partial charge in [-0.3, -0.25) is 4.79 Å². The minimum absolute atomic E-state index is 0.107. The SMILES string of the molecule is CCN(CC)C(=O)c1ccc(N(c2ccccc2)[C@@H]2CCN(C)C[C@H]2C)cc1. The van der Waals surface area contributed by atoms with Gasteiger partial charge in [0, 0.05) is 42.6 Å². The number of piperidine rings is 1. The van der Waals surface area contributed by atoms with Crippen molar-refractivity contribution in [1.29, 1.82) is 0 Å². The Bertz CT molecular complexity index is 755. The summed E-state index contributed by atoms with van der Waals surface area (Å²) in [5.74, 6) is 0.673. The Morgan fingerprint density at radius 2 is 1.61 bits per heavy atom. The summed E-state index contributed by atoms with van der Waals surface area (Å²) < 4.78 is 0. The Morgan fingerprint density at radius 1 is 1.00 bits per heavy atom. The molecule has 1 heterocycles. The first-order valence-electron chi connectivity index (χ1n) is 10.5. The van der Waals surface area contributed by atoms with E-state index in [-0.39, 0.29) is 5.91 Å². The second-order valence-corrected chi connectivity index (χ2v) is 7.83. The molecule has 2 atom stereocenters. The molecule has 2 aromatic carbocycles. The summed E-state index contributed by atoms with van der Waals surface area (Å²) in [4.78, 5) is 19.4. The Balaban J connectivity index is 1.92. The molecule has 1 aliphatic heterocycles. The van der Waals surface area contributed by atoms with Gasteiger partial charge in [-0.2, -0.15) is 0 Å². The smallest absolute Gasteiger partial charge is 0.253 e. The number of hydrogen-bond donors (Lipinski definition) is 0. The van der Waals surface area contributed by atoms with Crippen molar-refractivity contribution in [2.24, 2.45) is 5.92 Å². The topological polar surface area (TPSA) is 26.8 Å². The number of rotatable bonds is 6. The molecule has 0 saturated carbocycles. The average Bonchev–Trinajstić information content (AvgIpc) is 2.72. The van der Waals surface area contributed by atoms with Crippen molar-refractivity contribution in [3.63, 3.8) is 0 Å². The van der Waals surface area contributed by atoms with Crippen molar-refractivity contribution in [2.75, 3.05) is 38.1 Å². The fourth-order valence-corrected chi connectivity index (χ4v) is 4.30. The second kappa shape index (κ2) is 9.24. The van der Waals surface area contributed by atoms with Crippen LogP contribution < -0.4 is 4.90 Å². The van der Waals surface area contributed by atoms with Crippen LogP contribution in [0.25, 0.3) is 0 Å². The Labute approximate surface area is 169 Å². The summed E-state index contributed by atoms with van der Waals surface area (Å²) in [6, 6.07) is 19.2. The van der Waals surface area contributed by atoms with E-state index in [1.807, 2.05) is 30.9 Å². The molecule has 150 valence electrons. The summed E-state index contributed by atoms with van der Waals surface area (Å²) in [6.45, 7) is 10.1. The van der Waals surface area contributed by atoms with Gasteiger partial charge in [0.25, 0.3) is 5.91 Å². The number of likely N-dealkylation sites (tertiary alicyclic amines) is 1. The molecule has 0 aromatic heterocycles. The van der Waals surface area contributed by atoms with Crippen LogP contribution in [0.2, 0.25) is 0 Å². The van der Waals surface area contributed by atoms with Crippen LogP contribution in [0.3, 0.4) is 0 Å². The molecule has 0 aliphatic carbocycles. The number of para-hydroxylation sites is 1. The molecule has 0 radical (unpaired) electrons. The van der Waals surface area contributed by atoms with Crippen LogP contribution in [0.4, 0.5) is 11.4 Å². The van der Waals surface area contributed by atoms with Crippen LogP contribution in [-0.4, -0.2) is 55.0 Å². The monoisotopic (exact) mass is 379 g/mol. The van der Waals surface area contributed by atoms with Crippen LogP contribution in [0.15, 0.2) is 54.6 Å². The number of amides is 1. The summed E-state index contributed by atoms with van der Waals surface area (Å²) in [7, 11) is 2.20. The van der Waals surface area contributed by atoms with Gasteiger partial charge in [-0.25, -0.2) is 0 Å². The number of carbonyl (C=O) groups excluding carboxylic acids is 1. The van der Waals surface area contributed by atoms with E-state index in [2.05, 4.69) is 66.2 Å². The molecule has 1 amide bonds. The average molecular weight is 380 g/mol. The molecule has 0 bridgehead atoms. The highest BCUT2D eigenvalue weighted by atomic mass is 16.2. The number of benzene rings is 2. The Kier molecular flexibility index (Phi) is 6.74. The van der Waals surface area contributed by atoms with Gasteiger partial charge in [0.1, 0.15) is 0 Å². The summed E-state index contributed by atoms with van der Waals surface area (Å²) >= 11 is 0. The van der Waals surface area contributed by atoms with Crippen molar-refractivity contribution in [2.45, 2.75) is 33.2 Å². The second-order valence-electron chi connectivity index (χ2n) is 7.83. The van der Waals surface area contributed by atoms with Gasteiger partial charge >= 0.3 is 0 Å². The van der Waals surface area contributed by atoms with Gasteiger partial charge in [-0.15, -0.1) is 0 Å². The number of nitrogens with zero attached hydrogens (tertiary/aromatic N) is 3. The highest BCUT2D eigenvalue weighted by Crippen LogP contribution is 2.34. The normalized spacial score (nSPS) is 20.0. The van der Waals surface area contributed by atoms with Crippen molar-refractivity contribution < 1.29 is 4.79 Å². The highest BCUT2D eigenvalue weighted by molar-refractivity contribution is 5.94. The van der Waals surface area contributed by atoms with Gasteiger partial charge in [0.05, 0.1) is 0 Å². The molecule has 4 heteroatoms. The first-order valence-corrected chi connectivity index (χ1v) is 10.5. The van der Waals surface area contributed by atoms with Crippen LogP contribution in [-0.2, 0) is 0 Å². The first-order chi connectivity index (χ1) is 13.5. The van der Waals surface area contributed by atoms with Crippen LogP contribution in [0, 0.1) is 5.92 Å². The van der Waals surface area contributed by atoms with Crippen LogP contribution >= 0.6 is 0 Å². The van der Waals surface area contributed by atoms with Gasteiger partial charge in [-0.05, 0) is 76.2 Å². The molecule has 2 aromatic rings. The molecule has 3 rings (SSSR count). The molecule has 1 fully saturated rings. The van der Waals surface area contributed by atoms with E-state index in [0.717, 1.165) is 43.9 Å². The minimum Gasteiger partial charge on any atom is -0.339 e. The first kappa shape index (κ1) is 20.4. The quantitative estimate of drug-likeness (QED) is 0.731. The minimum atomic E-state index is 0.107. The van der Waals surface area contributed by atoms with Gasteiger partial charge in [0.2, 0.25) is 0 Å². The highest BCUT2D eigenvalue weighted by Gasteiger charge is 2.30. The van der Waals surface area contributed by atoms with E-state index in [4.69, 9.17) is 0 Å². The predicted octanol–water partition coefficient (Wildman–Crippen LogP) is 4.65. The van der Waals surface area contributed by atoms with Crippen molar-refractivity contribution in [3.05, 3.63) is 60.2 Å². The maximum atomic E-state index is 12.7. The third-order valence-electron chi connectivity index (χ3n) is 5.87. The molecule has 28 heavy (non-hydrogen) atoms. The largest absolute Gasteiger partial charge is 0.339 e. The van der Waals surface area contributed by atoms with Gasteiger partial charge < -0.3 is 14.7 Å². The predicted molar refractivity (Wildman–Crippen MR) is 117 cm³/mol. The molecular weight excluding hydrogens is 346 g/mol. The number of carbonyl (C=O) groups is 1. The molecule has 1 saturated heterocycles. The summed E-state index contributed by atoms with van der Waals surface area (Å²) in [5, 5.41) is 0. The van der Waals surface area contributed by atoms with E-state index in [1.165, 1.54) is 5.69 Å². The lowest BCUT2D eigenvalue weighted by Gasteiger charge is -2.43. The van der Waals surface area contributed by atoms with E-state index < -0.39 is 0 Å². The van der Waals surface area contributed by atoms with Crippen molar-refractivity contribution in [3.8, 4) is 0 Å². The van der Waals surface area contributed by atoms with Gasteiger partial charge in [-0.1, -0.05) is 25.1 Å². The van der Waals surface area contributed by atoms with Crippen molar-refractivity contribution in [1.82, 2.24) is 9.80 Å². The Hall–Kier alpha value is -2.33. The fraction of sp³-hybridized carbons (Fsp3) is 0.458. The lowest BCUT2D eigenvalue weighted by molar-refractivity contribution is 0.0773. The number of anilines is 2.